The third kappa shape index (κ3) is 3.72. The van der Waals surface area contributed by atoms with Gasteiger partial charge in [0.1, 0.15) is 22.8 Å². The lowest BCUT2D eigenvalue weighted by atomic mass is 9.58. The second-order valence-corrected chi connectivity index (χ2v) is 10.4. The zero-order valence-electron chi connectivity index (χ0n) is 20.9. The van der Waals surface area contributed by atoms with Gasteiger partial charge in [0.2, 0.25) is 5.78 Å². The number of ketones is 2. The number of hydrogen-bond acceptors (Lipinski definition) is 8. The van der Waals surface area contributed by atoms with Gasteiger partial charge < -0.3 is 26.2 Å². The highest BCUT2D eigenvalue weighted by Crippen LogP contribution is 2.52. The molecule has 9 heteroatoms. The first-order chi connectivity index (χ1) is 17.0. The van der Waals surface area contributed by atoms with E-state index in [2.05, 4.69) is 6.92 Å². The van der Waals surface area contributed by atoms with Crippen molar-refractivity contribution in [3.8, 4) is 5.75 Å². The molecule has 4 rings (SSSR count). The molecular weight excluding hydrogens is 464 g/mol. The number of aliphatic hydroxyl groups excluding tert-OH is 2. The Balaban J connectivity index is 1.85. The maximum Gasteiger partial charge on any atom is 0.255 e. The first-order valence-corrected chi connectivity index (χ1v) is 12.4. The molecule has 0 heterocycles. The average Bonchev–Trinajstić information content (AvgIpc) is 2.80. The number of phenolic OH excluding ortho intramolecular Hbond substituents is 1. The minimum atomic E-state index is -2.61. The summed E-state index contributed by atoms with van der Waals surface area (Å²) >= 11 is 0. The lowest BCUT2D eigenvalue weighted by molar-refractivity contribution is -0.148. The van der Waals surface area contributed by atoms with Crippen LogP contribution in [0.1, 0.15) is 60.5 Å². The van der Waals surface area contributed by atoms with E-state index in [9.17, 15) is 34.8 Å². The van der Waals surface area contributed by atoms with Gasteiger partial charge >= 0.3 is 0 Å². The molecular formula is C27H34N2O7. The Morgan fingerprint density at radius 3 is 2.44 bits per heavy atom. The zero-order chi connectivity index (χ0) is 26.5. The van der Waals surface area contributed by atoms with Gasteiger partial charge in [0, 0.05) is 11.5 Å². The lowest BCUT2D eigenvalue weighted by Gasteiger charge is -2.50. The van der Waals surface area contributed by atoms with Crippen LogP contribution in [-0.2, 0) is 22.4 Å². The van der Waals surface area contributed by atoms with Gasteiger partial charge in [0.25, 0.3) is 5.91 Å². The van der Waals surface area contributed by atoms with Crippen molar-refractivity contribution in [2.24, 2.45) is 17.6 Å². The van der Waals surface area contributed by atoms with Crippen molar-refractivity contribution in [2.75, 3.05) is 14.1 Å². The van der Waals surface area contributed by atoms with Crippen molar-refractivity contribution in [1.82, 2.24) is 4.90 Å². The Morgan fingerprint density at radius 1 is 1.14 bits per heavy atom. The fourth-order valence-corrected chi connectivity index (χ4v) is 6.29. The molecule has 36 heavy (non-hydrogen) atoms. The van der Waals surface area contributed by atoms with Crippen LogP contribution in [0.5, 0.6) is 5.75 Å². The van der Waals surface area contributed by atoms with Crippen molar-refractivity contribution in [3.63, 3.8) is 0 Å². The molecule has 2 unspecified atom stereocenters. The Hall–Kier alpha value is -3.17. The highest BCUT2D eigenvalue weighted by atomic mass is 16.3. The summed E-state index contributed by atoms with van der Waals surface area (Å²) in [7, 11) is 3.22. The number of unbranched alkanes of at least 4 members (excludes halogenated alkanes) is 3. The third-order valence-corrected chi connectivity index (χ3v) is 8.00. The SMILES string of the molecule is CCCCCCc1ccc(O)c2c1CC1CC3[C@H](N(C)C)C(O)=C(C(N)=O)C(=O)[C@@]3(O)C(O)=C1C2=O. The predicted octanol–water partition coefficient (Wildman–Crippen LogP) is 2.24. The van der Waals surface area contributed by atoms with Crippen LogP contribution in [0, 0.1) is 11.8 Å². The number of primary amides is 1. The molecule has 1 aromatic rings. The molecule has 9 nitrogen and oxygen atoms in total. The molecule has 0 bridgehead atoms. The van der Waals surface area contributed by atoms with Crippen LogP contribution < -0.4 is 5.73 Å². The molecule has 0 aliphatic heterocycles. The van der Waals surface area contributed by atoms with Crippen LogP contribution >= 0.6 is 0 Å². The van der Waals surface area contributed by atoms with Gasteiger partial charge in [-0.15, -0.1) is 0 Å². The Labute approximate surface area is 209 Å². The van der Waals surface area contributed by atoms with Gasteiger partial charge in [-0.05, 0) is 62.9 Å². The second kappa shape index (κ2) is 9.37. The highest BCUT2D eigenvalue weighted by Gasteiger charge is 2.63. The van der Waals surface area contributed by atoms with E-state index in [0.29, 0.717) is 12.0 Å². The van der Waals surface area contributed by atoms with Gasteiger partial charge in [0.15, 0.2) is 11.4 Å². The summed E-state index contributed by atoms with van der Waals surface area (Å²) in [6, 6.07) is 2.29. The average molecular weight is 499 g/mol. The Bertz CT molecular complexity index is 1200. The summed E-state index contributed by atoms with van der Waals surface area (Å²) in [6.45, 7) is 2.13. The monoisotopic (exact) mass is 498 g/mol. The number of benzene rings is 1. The zero-order valence-corrected chi connectivity index (χ0v) is 20.9. The van der Waals surface area contributed by atoms with Crippen LogP contribution in [-0.4, -0.2) is 68.5 Å². The molecule has 3 aliphatic carbocycles. The van der Waals surface area contributed by atoms with Gasteiger partial charge in [-0.25, -0.2) is 0 Å². The van der Waals surface area contributed by atoms with E-state index in [-0.39, 0.29) is 23.3 Å². The predicted molar refractivity (Wildman–Crippen MR) is 132 cm³/mol. The molecule has 0 aromatic heterocycles. The smallest absolute Gasteiger partial charge is 0.255 e. The molecule has 1 aromatic carbocycles. The van der Waals surface area contributed by atoms with Crippen molar-refractivity contribution in [1.29, 1.82) is 0 Å². The van der Waals surface area contributed by atoms with E-state index in [4.69, 9.17) is 5.73 Å². The van der Waals surface area contributed by atoms with Crippen molar-refractivity contribution in [3.05, 3.63) is 51.5 Å². The number of fused-ring (bicyclic) bond motifs is 3. The largest absolute Gasteiger partial charge is 0.510 e. The highest BCUT2D eigenvalue weighted by molar-refractivity contribution is 6.24. The van der Waals surface area contributed by atoms with Crippen LogP contribution in [0.3, 0.4) is 0 Å². The molecule has 194 valence electrons. The molecule has 6 N–H and O–H groups in total. The van der Waals surface area contributed by atoms with Gasteiger partial charge in [0.05, 0.1) is 11.6 Å². The number of Topliss-reactive ketones (excluding diaryl/α,β-unsaturated/α-hetero) is 2. The number of allylic oxidation sites excluding steroid dienone is 1. The number of amides is 1. The number of carbonyl (C=O) groups excluding carboxylic acids is 3. The summed E-state index contributed by atoms with van der Waals surface area (Å²) in [5, 5.41) is 44.3. The Kier molecular flexibility index (Phi) is 6.74. The van der Waals surface area contributed by atoms with Crippen LogP contribution in [0.4, 0.5) is 0 Å². The number of hydrogen-bond donors (Lipinski definition) is 5. The number of rotatable bonds is 7. The van der Waals surface area contributed by atoms with E-state index >= 15 is 0 Å². The topological polar surface area (TPSA) is 161 Å². The molecule has 0 spiro atoms. The van der Waals surface area contributed by atoms with Gasteiger partial charge in [-0.1, -0.05) is 32.3 Å². The van der Waals surface area contributed by atoms with E-state index < -0.39 is 58.0 Å². The van der Waals surface area contributed by atoms with Crippen molar-refractivity contribution in [2.45, 2.75) is 63.5 Å². The number of aryl methyl sites for hydroxylation is 1. The number of nitrogens with two attached hydrogens (primary N) is 1. The Morgan fingerprint density at radius 2 is 1.83 bits per heavy atom. The fraction of sp³-hybridized carbons (Fsp3) is 0.519. The fourth-order valence-electron chi connectivity index (χ4n) is 6.29. The molecule has 0 saturated heterocycles. The number of likely N-dealkylation sites (N-methyl/N-ethyl adjacent to an activating group) is 1. The summed E-state index contributed by atoms with van der Waals surface area (Å²) < 4.78 is 0. The van der Waals surface area contributed by atoms with E-state index in [1.54, 1.807) is 19.0 Å². The number of aromatic hydroxyl groups is 1. The summed E-state index contributed by atoms with van der Waals surface area (Å²) in [5.41, 5.74) is 3.54. The number of aliphatic hydroxyl groups is 3. The lowest BCUT2D eigenvalue weighted by Crippen LogP contribution is -2.63. The minimum Gasteiger partial charge on any atom is -0.510 e. The normalized spacial score (nSPS) is 27.8. The molecule has 1 amide bonds. The molecule has 0 radical (unpaired) electrons. The summed E-state index contributed by atoms with van der Waals surface area (Å²) in [5.74, 6) is -6.31. The van der Waals surface area contributed by atoms with E-state index in [0.717, 1.165) is 37.7 Å². The first-order valence-electron chi connectivity index (χ1n) is 12.4. The third-order valence-electron chi connectivity index (χ3n) is 8.00. The standard InChI is InChI=1S/C27H34N2O7/c1-4-5-6-7-8-13-9-10-17(30)19-15(13)11-14-12-16-21(29(2)3)23(32)20(26(28)35)25(34)27(16,36)24(33)18(14)22(19)31/h9-10,14,16,21,30,32-33,36H,4-8,11-12H2,1-3H3,(H2,28,35)/t14?,16?,21-,27-/m0/s1. The van der Waals surface area contributed by atoms with E-state index in [1.165, 1.54) is 6.07 Å². The van der Waals surface area contributed by atoms with Crippen LogP contribution in [0.15, 0.2) is 34.8 Å². The van der Waals surface area contributed by atoms with Gasteiger partial charge in [-0.2, -0.15) is 0 Å². The number of nitrogens with zero attached hydrogens (tertiary/aromatic N) is 1. The van der Waals surface area contributed by atoms with Crippen LogP contribution in [0.2, 0.25) is 0 Å². The van der Waals surface area contributed by atoms with Crippen LogP contribution in [0.25, 0.3) is 0 Å². The maximum absolute atomic E-state index is 13.7. The first kappa shape index (κ1) is 25.9. The molecule has 0 saturated carbocycles. The van der Waals surface area contributed by atoms with Gasteiger partial charge in [-0.3, -0.25) is 19.3 Å². The summed E-state index contributed by atoms with van der Waals surface area (Å²) in [6.07, 6.45) is 5.34. The number of carbonyl (C=O) groups is 3. The minimum absolute atomic E-state index is 0.0729. The quantitative estimate of drug-likeness (QED) is 0.282. The number of phenols is 1. The molecule has 0 fully saturated rings. The molecule has 4 atom stereocenters. The van der Waals surface area contributed by atoms with Crippen molar-refractivity contribution < 1.29 is 34.8 Å². The summed E-state index contributed by atoms with van der Waals surface area (Å²) in [4.78, 5) is 40.5. The van der Waals surface area contributed by atoms with Crippen molar-refractivity contribution >= 4 is 17.5 Å². The molecule has 3 aliphatic rings. The van der Waals surface area contributed by atoms with E-state index in [1.807, 2.05) is 6.07 Å². The second-order valence-electron chi connectivity index (χ2n) is 10.4. The maximum atomic E-state index is 13.7.